The average Bonchev–Trinajstić information content (AvgIpc) is 3.42. The molecule has 7 nitrogen and oxygen atoms in total. The summed E-state index contributed by atoms with van der Waals surface area (Å²) in [4.78, 5) is 27.7. The van der Waals surface area contributed by atoms with Crippen LogP contribution in [-0.4, -0.2) is 53.6 Å². The molecular formula is C28H33N5O2. The monoisotopic (exact) mass is 471 g/mol. The zero-order valence-electron chi connectivity index (χ0n) is 20.8. The van der Waals surface area contributed by atoms with Gasteiger partial charge in [-0.05, 0) is 67.3 Å². The standard InChI is InChI=1S/C28H33N5O2/c1-17-24(18(2)32-31-17)19-9-11-21(12-10-19)30-27(35)26(29-16-23(34)33(3)4)25-22-8-6-5-7-20(22)15-28(25)13-14-28/h5-12,25-26,29H,13-16H2,1-4H3,(H,30,35)(H,31,32)/t25?,26-/m0/s1. The molecule has 5 rings (SSSR count). The molecule has 0 saturated heterocycles. The zero-order valence-corrected chi connectivity index (χ0v) is 20.8. The largest absolute Gasteiger partial charge is 0.348 e. The number of anilines is 1. The SMILES string of the molecule is Cc1n[nH]c(C)c1-c1ccc(NC(=O)[C@@H](NCC(=O)N(C)C)C2c3ccccc3CC23CC3)cc1. The fourth-order valence-electron chi connectivity index (χ4n) is 5.63. The Hall–Kier alpha value is -3.45. The van der Waals surface area contributed by atoms with Crippen molar-refractivity contribution in [2.45, 2.75) is 45.1 Å². The first-order valence-electron chi connectivity index (χ1n) is 12.2. The number of aromatic amines is 1. The third-order valence-corrected chi connectivity index (χ3v) is 7.64. The Morgan fingerprint density at radius 3 is 2.46 bits per heavy atom. The Balaban J connectivity index is 1.40. The Kier molecular flexibility index (Phi) is 5.97. The molecule has 1 aromatic heterocycles. The Morgan fingerprint density at radius 1 is 1.11 bits per heavy atom. The van der Waals surface area contributed by atoms with Crippen LogP contribution in [0.5, 0.6) is 0 Å². The molecule has 1 unspecified atom stereocenters. The normalized spacial score (nSPS) is 18.2. The van der Waals surface area contributed by atoms with E-state index in [2.05, 4.69) is 39.0 Å². The van der Waals surface area contributed by atoms with Gasteiger partial charge in [-0.2, -0.15) is 5.10 Å². The molecule has 1 saturated carbocycles. The van der Waals surface area contributed by atoms with Gasteiger partial charge in [0.05, 0.1) is 18.3 Å². The minimum Gasteiger partial charge on any atom is -0.348 e. The van der Waals surface area contributed by atoms with Gasteiger partial charge in [-0.1, -0.05) is 36.4 Å². The van der Waals surface area contributed by atoms with Crippen LogP contribution in [0.15, 0.2) is 48.5 Å². The highest BCUT2D eigenvalue weighted by atomic mass is 16.2. The number of carbonyl (C=O) groups is 2. The van der Waals surface area contributed by atoms with Crippen molar-refractivity contribution in [3.05, 3.63) is 71.0 Å². The summed E-state index contributed by atoms with van der Waals surface area (Å²) in [5.74, 6) is -0.105. The highest BCUT2D eigenvalue weighted by molar-refractivity contribution is 5.96. The summed E-state index contributed by atoms with van der Waals surface area (Å²) >= 11 is 0. The van der Waals surface area contributed by atoms with Crippen LogP contribution >= 0.6 is 0 Å². The van der Waals surface area contributed by atoms with Crippen LogP contribution in [0.2, 0.25) is 0 Å². The molecule has 1 fully saturated rings. The number of rotatable bonds is 7. The predicted octanol–water partition coefficient (Wildman–Crippen LogP) is 3.80. The third kappa shape index (κ3) is 4.36. The van der Waals surface area contributed by atoms with E-state index >= 15 is 0 Å². The van der Waals surface area contributed by atoms with Crippen LogP contribution in [-0.2, 0) is 16.0 Å². The van der Waals surface area contributed by atoms with Crippen molar-refractivity contribution >= 4 is 17.5 Å². The van der Waals surface area contributed by atoms with E-state index in [1.807, 2.05) is 44.2 Å². The fraction of sp³-hybridized carbons (Fsp3) is 0.393. The summed E-state index contributed by atoms with van der Waals surface area (Å²) in [7, 11) is 3.47. The number of benzene rings is 2. The lowest BCUT2D eigenvalue weighted by Gasteiger charge is -2.30. The smallest absolute Gasteiger partial charge is 0.242 e. The molecule has 3 aromatic rings. The van der Waals surface area contributed by atoms with E-state index in [0.717, 1.165) is 47.5 Å². The minimum absolute atomic E-state index is 0.0455. The summed E-state index contributed by atoms with van der Waals surface area (Å²) in [6.07, 6.45) is 3.22. The molecule has 1 heterocycles. The summed E-state index contributed by atoms with van der Waals surface area (Å²) in [5.41, 5.74) is 7.51. The lowest BCUT2D eigenvalue weighted by molar-refractivity contribution is -0.128. The van der Waals surface area contributed by atoms with E-state index in [1.165, 1.54) is 11.1 Å². The number of hydrogen-bond donors (Lipinski definition) is 3. The Labute approximate surface area is 206 Å². The number of H-pyrrole nitrogens is 1. The molecule has 35 heavy (non-hydrogen) atoms. The van der Waals surface area contributed by atoms with Gasteiger partial charge in [-0.3, -0.25) is 20.0 Å². The van der Waals surface area contributed by atoms with Crippen molar-refractivity contribution in [2.75, 3.05) is 26.0 Å². The maximum absolute atomic E-state index is 13.7. The van der Waals surface area contributed by atoms with Gasteiger partial charge < -0.3 is 10.2 Å². The fourth-order valence-corrected chi connectivity index (χ4v) is 5.63. The molecule has 2 aliphatic carbocycles. The first kappa shape index (κ1) is 23.3. The maximum atomic E-state index is 13.7. The van der Waals surface area contributed by atoms with Gasteiger partial charge in [0.15, 0.2) is 0 Å². The van der Waals surface area contributed by atoms with Gasteiger partial charge in [-0.15, -0.1) is 0 Å². The summed E-state index contributed by atoms with van der Waals surface area (Å²) < 4.78 is 0. The quantitative estimate of drug-likeness (QED) is 0.489. The molecule has 1 spiro atoms. The number of amides is 2. The number of likely N-dealkylation sites (N-methyl/N-ethyl adjacent to an activating group) is 1. The molecule has 7 heteroatoms. The molecule has 3 N–H and O–H groups in total. The van der Waals surface area contributed by atoms with Gasteiger partial charge >= 0.3 is 0 Å². The van der Waals surface area contributed by atoms with Gasteiger partial charge in [-0.25, -0.2) is 0 Å². The highest BCUT2D eigenvalue weighted by Gasteiger charge is 2.57. The number of aromatic nitrogens is 2. The number of nitrogens with zero attached hydrogens (tertiary/aromatic N) is 2. The highest BCUT2D eigenvalue weighted by Crippen LogP contribution is 2.64. The van der Waals surface area contributed by atoms with Crippen molar-refractivity contribution in [2.24, 2.45) is 5.41 Å². The molecule has 182 valence electrons. The number of aryl methyl sites for hydroxylation is 2. The first-order valence-corrected chi connectivity index (χ1v) is 12.2. The molecule has 0 radical (unpaired) electrons. The number of hydrogen-bond acceptors (Lipinski definition) is 4. The van der Waals surface area contributed by atoms with Crippen LogP contribution in [0, 0.1) is 19.3 Å². The lowest BCUT2D eigenvalue weighted by Crippen LogP contribution is -2.49. The zero-order chi connectivity index (χ0) is 24.7. The summed E-state index contributed by atoms with van der Waals surface area (Å²) in [5, 5.41) is 13.8. The molecule has 0 aliphatic heterocycles. The third-order valence-electron chi connectivity index (χ3n) is 7.64. The number of nitrogens with one attached hydrogen (secondary N) is 3. The lowest BCUT2D eigenvalue weighted by atomic mass is 9.82. The molecule has 2 amide bonds. The molecule has 2 atom stereocenters. The minimum atomic E-state index is -0.497. The first-order chi connectivity index (χ1) is 16.8. The van der Waals surface area contributed by atoms with Gasteiger partial charge in [0, 0.05) is 37.0 Å². The van der Waals surface area contributed by atoms with Crippen LogP contribution in [0.3, 0.4) is 0 Å². The topological polar surface area (TPSA) is 90.1 Å². The second-order valence-corrected chi connectivity index (χ2v) is 10.2. The van der Waals surface area contributed by atoms with Crippen molar-refractivity contribution in [1.29, 1.82) is 0 Å². The molecule has 2 aromatic carbocycles. The van der Waals surface area contributed by atoms with Crippen molar-refractivity contribution in [3.63, 3.8) is 0 Å². The van der Waals surface area contributed by atoms with E-state index in [9.17, 15) is 9.59 Å². The maximum Gasteiger partial charge on any atom is 0.242 e. The second-order valence-electron chi connectivity index (χ2n) is 10.2. The van der Waals surface area contributed by atoms with Crippen molar-refractivity contribution in [3.8, 4) is 11.1 Å². The van der Waals surface area contributed by atoms with E-state index in [-0.39, 0.29) is 29.7 Å². The van der Waals surface area contributed by atoms with Crippen LogP contribution in [0.4, 0.5) is 5.69 Å². The summed E-state index contributed by atoms with van der Waals surface area (Å²) in [6.45, 7) is 4.11. The van der Waals surface area contributed by atoms with Gasteiger partial charge in [0.25, 0.3) is 0 Å². The van der Waals surface area contributed by atoms with Crippen LogP contribution < -0.4 is 10.6 Å². The summed E-state index contributed by atoms with van der Waals surface area (Å²) in [6, 6.07) is 15.8. The second kappa shape index (κ2) is 8.96. The van der Waals surface area contributed by atoms with E-state index in [4.69, 9.17) is 0 Å². The van der Waals surface area contributed by atoms with Crippen molar-refractivity contribution < 1.29 is 9.59 Å². The van der Waals surface area contributed by atoms with Crippen LogP contribution in [0.1, 0.15) is 41.3 Å². The van der Waals surface area contributed by atoms with E-state index in [0.29, 0.717) is 0 Å². The number of carbonyl (C=O) groups excluding carboxylic acids is 2. The molecule has 2 aliphatic rings. The molecular weight excluding hydrogens is 438 g/mol. The van der Waals surface area contributed by atoms with E-state index < -0.39 is 6.04 Å². The predicted molar refractivity (Wildman–Crippen MR) is 137 cm³/mol. The average molecular weight is 472 g/mol. The van der Waals surface area contributed by atoms with Crippen molar-refractivity contribution in [1.82, 2.24) is 20.4 Å². The Bertz CT molecular complexity index is 1240. The Morgan fingerprint density at radius 2 is 1.83 bits per heavy atom. The van der Waals surface area contributed by atoms with Crippen LogP contribution in [0.25, 0.3) is 11.1 Å². The van der Waals surface area contributed by atoms with Gasteiger partial charge in [0.2, 0.25) is 11.8 Å². The van der Waals surface area contributed by atoms with E-state index in [1.54, 1.807) is 19.0 Å². The number of fused-ring (bicyclic) bond motifs is 1. The van der Waals surface area contributed by atoms with Gasteiger partial charge in [0.1, 0.15) is 0 Å². The molecule has 0 bridgehead atoms.